The Morgan fingerprint density at radius 3 is 0.639 bits per heavy atom. The molecule has 15 aromatic rings. The number of anilines is 6. The van der Waals surface area contributed by atoms with Gasteiger partial charge in [0, 0.05) is 34.1 Å². The molecule has 2 heteroatoms. The summed E-state index contributed by atoms with van der Waals surface area (Å²) in [6, 6.07) is 99.0. The van der Waals surface area contributed by atoms with Crippen LogP contribution in [0.2, 0.25) is 0 Å². The van der Waals surface area contributed by atoms with E-state index in [1.807, 2.05) is 0 Å². The van der Waals surface area contributed by atoms with Crippen LogP contribution in [-0.2, 0) is 0 Å². The SMILES string of the molecule is c1ccc2cc(N(c3ccc4ccccc4c3)c3ccc4c(c3)c3ccccc3c3cc5c6ccc(N(c7ccc8ccccc8c7)c7ccc8ccccc8c7)cc6c6ccccc6c5cc43)ccc2c1. The van der Waals surface area contributed by atoms with E-state index in [-0.39, 0.29) is 0 Å². The van der Waals surface area contributed by atoms with Crippen LogP contribution >= 0.6 is 0 Å². The summed E-state index contributed by atoms with van der Waals surface area (Å²) >= 11 is 0. The summed E-state index contributed by atoms with van der Waals surface area (Å²) in [6.45, 7) is 0. The topological polar surface area (TPSA) is 6.48 Å². The molecule has 15 rings (SSSR count). The molecule has 0 aromatic heterocycles. The second-order valence-corrected chi connectivity index (χ2v) is 19.3. The zero-order chi connectivity index (χ0) is 47.3. The van der Waals surface area contributed by atoms with Crippen LogP contribution in [-0.4, -0.2) is 0 Å². The molecule has 0 aliphatic heterocycles. The maximum absolute atomic E-state index is 2.48. The Morgan fingerprint density at radius 2 is 0.347 bits per heavy atom. The Balaban J connectivity index is 0.949. The van der Waals surface area contributed by atoms with Gasteiger partial charge in [0.15, 0.2) is 0 Å². The molecule has 15 aromatic carbocycles. The average Bonchev–Trinajstić information content (AvgIpc) is 3.45. The van der Waals surface area contributed by atoms with Crippen LogP contribution in [0.5, 0.6) is 0 Å². The van der Waals surface area contributed by atoms with E-state index in [1.165, 1.54) is 108 Å². The van der Waals surface area contributed by atoms with Crippen LogP contribution in [0.4, 0.5) is 34.1 Å². The lowest BCUT2D eigenvalue weighted by Gasteiger charge is -2.27. The van der Waals surface area contributed by atoms with E-state index in [0.29, 0.717) is 0 Å². The molecule has 0 atom stereocenters. The second kappa shape index (κ2) is 16.0. The molecule has 0 amide bonds. The van der Waals surface area contributed by atoms with Crippen molar-refractivity contribution < 1.29 is 0 Å². The van der Waals surface area contributed by atoms with Crippen LogP contribution in [0.3, 0.4) is 0 Å². The number of benzene rings is 15. The average molecular weight is 913 g/mol. The minimum absolute atomic E-state index is 1.12. The van der Waals surface area contributed by atoms with Crippen molar-refractivity contribution in [3.8, 4) is 0 Å². The van der Waals surface area contributed by atoms with Gasteiger partial charge in [0.1, 0.15) is 0 Å². The van der Waals surface area contributed by atoms with E-state index < -0.39 is 0 Å². The summed E-state index contributed by atoms with van der Waals surface area (Å²) in [4.78, 5) is 4.85. The number of rotatable bonds is 6. The Labute approximate surface area is 416 Å². The Kier molecular flexibility index (Phi) is 8.99. The highest BCUT2D eigenvalue weighted by atomic mass is 15.1. The fraction of sp³-hybridized carbons (Fsp3) is 0. The van der Waals surface area contributed by atoms with Gasteiger partial charge in [-0.2, -0.15) is 0 Å². The van der Waals surface area contributed by atoms with E-state index in [9.17, 15) is 0 Å². The van der Waals surface area contributed by atoms with Crippen molar-refractivity contribution in [3.05, 3.63) is 267 Å². The number of fused-ring (bicyclic) bond motifs is 16. The highest BCUT2D eigenvalue weighted by molar-refractivity contribution is 6.33. The van der Waals surface area contributed by atoms with Crippen molar-refractivity contribution >= 4 is 142 Å². The number of nitrogens with zero attached hydrogens (tertiary/aromatic N) is 2. The lowest BCUT2D eigenvalue weighted by atomic mass is 9.88. The summed E-state index contributed by atoms with van der Waals surface area (Å²) in [7, 11) is 0. The van der Waals surface area contributed by atoms with Gasteiger partial charge in [-0.3, -0.25) is 0 Å². The van der Waals surface area contributed by atoms with Gasteiger partial charge in [-0.1, -0.05) is 182 Å². The highest BCUT2D eigenvalue weighted by Crippen LogP contribution is 2.47. The van der Waals surface area contributed by atoms with Crippen LogP contribution in [0.15, 0.2) is 267 Å². The molecular weight excluding hydrogens is 869 g/mol. The molecule has 0 aliphatic rings. The number of hydrogen-bond donors (Lipinski definition) is 0. The third-order valence-electron chi connectivity index (χ3n) is 15.2. The van der Waals surface area contributed by atoms with Crippen LogP contribution in [0.25, 0.3) is 108 Å². The zero-order valence-corrected chi connectivity index (χ0v) is 39.3. The van der Waals surface area contributed by atoms with Crippen molar-refractivity contribution in [2.45, 2.75) is 0 Å². The molecule has 0 aliphatic carbocycles. The molecule has 334 valence electrons. The van der Waals surface area contributed by atoms with Gasteiger partial charge in [-0.15, -0.1) is 0 Å². The zero-order valence-electron chi connectivity index (χ0n) is 39.3. The van der Waals surface area contributed by atoms with Gasteiger partial charge in [-0.25, -0.2) is 0 Å². The minimum Gasteiger partial charge on any atom is -0.310 e. The molecule has 0 fully saturated rings. The van der Waals surface area contributed by atoms with Crippen molar-refractivity contribution in [2.24, 2.45) is 0 Å². The maximum atomic E-state index is 2.48. The van der Waals surface area contributed by atoms with E-state index in [1.54, 1.807) is 0 Å². The van der Waals surface area contributed by atoms with Gasteiger partial charge in [0.25, 0.3) is 0 Å². The first-order valence-corrected chi connectivity index (χ1v) is 24.9. The molecule has 0 N–H and O–H groups in total. The second-order valence-electron chi connectivity index (χ2n) is 19.3. The third kappa shape index (κ3) is 6.43. The highest BCUT2D eigenvalue weighted by Gasteiger charge is 2.20. The first kappa shape index (κ1) is 40.4. The molecular formula is C70H44N2. The third-order valence-corrected chi connectivity index (χ3v) is 15.2. The molecule has 0 bridgehead atoms. The van der Waals surface area contributed by atoms with Crippen molar-refractivity contribution in [2.75, 3.05) is 9.80 Å². The first-order valence-electron chi connectivity index (χ1n) is 24.9. The summed E-state index contributed by atoms with van der Waals surface area (Å²) in [6.07, 6.45) is 0. The predicted octanol–water partition coefficient (Wildman–Crippen LogP) is 20.2. The van der Waals surface area contributed by atoms with Crippen molar-refractivity contribution in [3.63, 3.8) is 0 Å². The summed E-state index contributed by atoms with van der Waals surface area (Å²) in [5.74, 6) is 0. The summed E-state index contributed by atoms with van der Waals surface area (Å²) in [5.41, 5.74) is 6.73. The quantitative estimate of drug-likeness (QED) is 0.121. The van der Waals surface area contributed by atoms with Gasteiger partial charge >= 0.3 is 0 Å². The summed E-state index contributed by atoms with van der Waals surface area (Å²) < 4.78 is 0. The fourth-order valence-corrected chi connectivity index (χ4v) is 11.8. The normalized spacial score (nSPS) is 11.9. The first-order chi connectivity index (χ1) is 35.7. The Morgan fingerprint density at radius 1 is 0.139 bits per heavy atom. The monoisotopic (exact) mass is 912 g/mol. The molecule has 0 spiro atoms. The fourth-order valence-electron chi connectivity index (χ4n) is 11.8. The standard InChI is InChI=1S/C70H44N2/c1-5-17-49-37-53(29-25-45(49)13-1)71(54-30-26-46-14-2-6-18-50(46)38-54)57-33-35-63-65(41-57)59-21-9-11-23-61(59)67-44-70-64-36-34-58(42-66(64)60-22-10-12-24-62(60)68(70)43-69(63)67)72(55-31-27-47-15-3-7-19-51(47)39-55)56-32-28-48-16-4-8-20-52(48)40-56/h1-44H. The van der Waals surface area contributed by atoms with Crippen LogP contribution in [0, 0.1) is 0 Å². The Bertz CT molecular complexity index is 4260. The van der Waals surface area contributed by atoms with E-state index >= 15 is 0 Å². The van der Waals surface area contributed by atoms with E-state index in [0.717, 1.165) is 34.1 Å². The number of hydrogen-bond acceptors (Lipinski definition) is 2. The molecule has 0 unspecified atom stereocenters. The van der Waals surface area contributed by atoms with E-state index in [4.69, 9.17) is 0 Å². The summed E-state index contributed by atoms with van der Waals surface area (Å²) in [5, 5.41) is 24.7. The smallest absolute Gasteiger partial charge is 0.0468 e. The predicted molar refractivity (Wildman–Crippen MR) is 311 cm³/mol. The molecule has 0 radical (unpaired) electrons. The molecule has 2 nitrogen and oxygen atoms in total. The van der Waals surface area contributed by atoms with Crippen LogP contribution < -0.4 is 9.80 Å². The van der Waals surface area contributed by atoms with Gasteiger partial charge in [0.05, 0.1) is 0 Å². The van der Waals surface area contributed by atoms with Gasteiger partial charge < -0.3 is 9.80 Å². The largest absolute Gasteiger partial charge is 0.310 e. The van der Waals surface area contributed by atoms with E-state index in [2.05, 4.69) is 277 Å². The Hall–Kier alpha value is -9.50. The van der Waals surface area contributed by atoms with Crippen molar-refractivity contribution in [1.29, 1.82) is 0 Å². The van der Waals surface area contributed by atoms with Crippen molar-refractivity contribution in [1.82, 2.24) is 0 Å². The van der Waals surface area contributed by atoms with Crippen LogP contribution in [0.1, 0.15) is 0 Å². The maximum Gasteiger partial charge on any atom is 0.0468 e. The van der Waals surface area contributed by atoms with Gasteiger partial charge in [0.2, 0.25) is 0 Å². The lowest BCUT2D eigenvalue weighted by molar-refractivity contribution is 1.30. The minimum atomic E-state index is 1.12. The molecule has 72 heavy (non-hydrogen) atoms. The lowest BCUT2D eigenvalue weighted by Crippen LogP contribution is -2.10. The molecule has 0 saturated carbocycles. The molecule has 0 heterocycles. The molecule has 0 saturated heterocycles. The van der Waals surface area contributed by atoms with Gasteiger partial charge in [-0.05, 0) is 193 Å².